The van der Waals surface area contributed by atoms with Crippen LogP contribution in [0.4, 0.5) is 0 Å². The van der Waals surface area contributed by atoms with Gasteiger partial charge in [0.25, 0.3) is 5.91 Å². The summed E-state index contributed by atoms with van der Waals surface area (Å²) in [6, 6.07) is 7.83. The van der Waals surface area contributed by atoms with Crippen molar-refractivity contribution in [2.45, 2.75) is 79.0 Å². The zero-order valence-electron chi connectivity index (χ0n) is 22.8. The molecule has 8 nitrogen and oxygen atoms in total. The maximum absolute atomic E-state index is 12.9. The van der Waals surface area contributed by atoms with Crippen molar-refractivity contribution in [2.75, 3.05) is 7.05 Å². The number of nitrogens with one attached hydrogen (secondary N) is 1. The van der Waals surface area contributed by atoms with Gasteiger partial charge in [0.05, 0.1) is 6.04 Å². The minimum absolute atomic E-state index is 0.0471. The summed E-state index contributed by atoms with van der Waals surface area (Å²) in [6.45, 7) is 11.1. The van der Waals surface area contributed by atoms with Gasteiger partial charge in [0.1, 0.15) is 10.7 Å². The lowest BCUT2D eigenvalue weighted by Crippen LogP contribution is -2.42. The van der Waals surface area contributed by atoms with Crippen LogP contribution in [-0.2, 0) is 14.3 Å². The molecule has 4 atom stereocenters. The molecule has 2 aromatic rings. The molecule has 202 valence electrons. The molecule has 1 aromatic carbocycles. The van der Waals surface area contributed by atoms with Crippen LogP contribution in [0.3, 0.4) is 0 Å². The fourth-order valence-electron chi connectivity index (χ4n) is 4.00. The van der Waals surface area contributed by atoms with Gasteiger partial charge in [-0.05, 0) is 18.8 Å². The third-order valence-electron chi connectivity index (χ3n) is 6.47. The molecule has 37 heavy (non-hydrogen) atoms. The average molecular weight is 530 g/mol. The van der Waals surface area contributed by atoms with E-state index in [0.717, 1.165) is 6.42 Å². The lowest BCUT2D eigenvalue weighted by molar-refractivity contribution is -0.148. The highest BCUT2D eigenvalue weighted by Gasteiger charge is 2.31. The van der Waals surface area contributed by atoms with Crippen molar-refractivity contribution in [1.29, 1.82) is 0 Å². The predicted molar refractivity (Wildman–Crippen MR) is 144 cm³/mol. The summed E-state index contributed by atoms with van der Waals surface area (Å²) < 4.78 is 5.60. The number of ether oxygens (including phenoxy) is 1. The number of hydrogen-bond acceptors (Lipinski definition) is 7. The van der Waals surface area contributed by atoms with Gasteiger partial charge in [-0.3, -0.25) is 19.2 Å². The number of amides is 2. The Bertz CT molecular complexity index is 1070. The molecule has 2 amide bonds. The van der Waals surface area contributed by atoms with Gasteiger partial charge >= 0.3 is 5.97 Å². The number of carbonyl (C=O) groups excluding carboxylic acids is 4. The van der Waals surface area contributed by atoms with E-state index in [-0.39, 0.29) is 35.3 Å². The quantitative estimate of drug-likeness (QED) is 0.287. The van der Waals surface area contributed by atoms with Crippen molar-refractivity contribution >= 4 is 34.9 Å². The van der Waals surface area contributed by atoms with E-state index in [1.165, 1.54) is 18.3 Å². The Balaban J connectivity index is 2.17. The van der Waals surface area contributed by atoms with Gasteiger partial charge < -0.3 is 15.0 Å². The van der Waals surface area contributed by atoms with Gasteiger partial charge in [0, 0.05) is 43.8 Å². The van der Waals surface area contributed by atoms with Crippen LogP contribution in [0.15, 0.2) is 35.7 Å². The summed E-state index contributed by atoms with van der Waals surface area (Å²) in [7, 11) is 1.78. The maximum atomic E-state index is 12.9. The van der Waals surface area contributed by atoms with Crippen LogP contribution in [-0.4, -0.2) is 52.6 Å². The van der Waals surface area contributed by atoms with Crippen molar-refractivity contribution in [1.82, 2.24) is 15.2 Å². The SMILES string of the molecule is CC[C@H](C)CC(=O)N(C)C(C[C@@H](OC(C)=O)c1nc(C(=O)N[C@H](C)C(=O)c2ccccc2)cs1)C(C)C. The van der Waals surface area contributed by atoms with Gasteiger partial charge in [0.2, 0.25) is 5.91 Å². The summed E-state index contributed by atoms with van der Waals surface area (Å²) in [4.78, 5) is 56.4. The Kier molecular flexibility index (Phi) is 11.4. The normalized spacial score (nSPS) is 14.4. The minimum Gasteiger partial charge on any atom is -0.455 e. The minimum atomic E-state index is -0.736. The number of nitrogens with zero attached hydrogens (tertiary/aromatic N) is 2. The van der Waals surface area contributed by atoms with Gasteiger partial charge in [0.15, 0.2) is 11.9 Å². The molecule has 0 aliphatic rings. The van der Waals surface area contributed by atoms with Crippen molar-refractivity contribution in [3.63, 3.8) is 0 Å². The Hall–Kier alpha value is -3.07. The topological polar surface area (TPSA) is 106 Å². The van der Waals surface area contributed by atoms with Crippen LogP contribution in [0.5, 0.6) is 0 Å². The summed E-state index contributed by atoms with van der Waals surface area (Å²) in [5.74, 6) is -0.718. The fourth-order valence-corrected chi connectivity index (χ4v) is 4.84. The average Bonchev–Trinajstić information content (AvgIpc) is 3.36. The number of benzene rings is 1. The number of carbonyl (C=O) groups is 4. The number of aromatic nitrogens is 1. The molecule has 0 radical (unpaired) electrons. The predicted octanol–water partition coefficient (Wildman–Crippen LogP) is 5.06. The third-order valence-corrected chi connectivity index (χ3v) is 7.41. The Morgan fingerprint density at radius 1 is 1.08 bits per heavy atom. The number of thiazole rings is 1. The number of hydrogen-bond donors (Lipinski definition) is 1. The van der Waals surface area contributed by atoms with E-state index < -0.39 is 24.0 Å². The molecule has 1 heterocycles. The monoisotopic (exact) mass is 529 g/mol. The standard InChI is InChI=1S/C28H39N3O5S/c1-8-18(4)14-25(33)31(7)23(17(2)3)15-24(36-20(6)32)28-30-22(16-37-28)27(35)29-19(5)26(34)21-12-10-9-11-13-21/h9-13,16-19,23-24H,8,14-15H2,1-7H3,(H,29,35)/t18-,19+,23?,24+/m0/s1. The number of Topliss-reactive ketones (excluding diaryl/α,β-unsaturated/α-hetero) is 1. The first-order chi connectivity index (χ1) is 17.4. The second-order valence-corrected chi connectivity index (χ2v) is 10.8. The first-order valence-electron chi connectivity index (χ1n) is 12.7. The summed E-state index contributed by atoms with van der Waals surface area (Å²) in [5.41, 5.74) is 0.656. The molecule has 1 aromatic heterocycles. The van der Waals surface area contributed by atoms with E-state index in [9.17, 15) is 19.2 Å². The number of ketones is 1. The molecule has 1 N–H and O–H groups in total. The van der Waals surface area contributed by atoms with E-state index in [1.54, 1.807) is 48.5 Å². The van der Waals surface area contributed by atoms with E-state index >= 15 is 0 Å². The first-order valence-corrected chi connectivity index (χ1v) is 13.6. The highest BCUT2D eigenvalue weighted by atomic mass is 32.1. The Labute approximate surface area is 223 Å². The van der Waals surface area contributed by atoms with Crippen molar-refractivity contribution in [2.24, 2.45) is 11.8 Å². The van der Waals surface area contributed by atoms with E-state index in [2.05, 4.69) is 17.2 Å². The van der Waals surface area contributed by atoms with E-state index in [1.807, 2.05) is 26.8 Å². The molecule has 0 spiro atoms. The Morgan fingerprint density at radius 3 is 2.30 bits per heavy atom. The van der Waals surface area contributed by atoms with Crippen LogP contribution in [0.25, 0.3) is 0 Å². The maximum Gasteiger partial charge on any atom is 0.303 e. The lowest BCUT2D eigenvalue weighted by atomic mass is 9.95. The molecule has 0 saturated carbocycles. The molecule has 1 unspecified atom stereocenters. The second-order valence-electron chi connectivity index (χ2n) is 9.86. The van der Waals surface area contributed by atoms with Crippen molar-refractivity contribution in [3.8, 4) is 0 Å². The van der Waals surface area contributed by atoms with Gasteiger partial charge in [-0.15, -0.1) is 11.3 Å². The van der Waals surface area contributed by atoms with Crippen LogP contribution in [0.1, 0.15) is 92.8 Å². The zero-order chi connectivity index (χ0) is 27.7. The molecule has 9 heteroatoms. The fraction of sp³-hybridized carbons (Fsp3) is 0.536. The third kappa shape index (κ3) is 8.77. The number of rotatable bonds is 13. The van der Waals surface area contributed by atoms with Gasteiger partial charge in [-0.25, -0.2) is 4.98 Å². The largest absolute Gasteiger partial charge is 0.455 e. The molecule has 0 aliphatic carbocycles. The van der Waals surface area contributed by atoms with E-state index in [4.69, 9.17) is 4.74 Å². The summed E-state index contributed by atoms with van der Waals surface area (Å²) >= 11 is 1.21. The summed E-state index contributed by atoms with van der Waals surface area (Å²) in [5, 5.41) is 4.75. The second kappa shape index (κ2) is 14.0. The van der Waals surface area contributed by atoms with Gasteiger partial charge in [-0.2, -0.15) is 0 Å². The van der Waals surface area contributed by atoms with Crippen molar-refractivity contribution < 1.29 is 23.9 Å². The first kappa shape index (κ1) is 30.2. The lowest BCUT2D eigenvalue weighted by Gasteiger charge is -2.34. The highest BCUT2D eigenvalue weighted by Crippen LogP contribution is 2.30. The molecular weight excluding hydrogens is 490 g/mol. The molecular formula is C28H39N3O5S. The molecule has 2 rings (SSSR count). The molecule has 0 bridgehead atoms. The van der Waals surface area contributed by atoms with Crippen molar-refractivity contribution in [3.05, 3.63) is 52.0 Å². The smallest absolute Gasteiger partial charge is 0.303 e. The van der Waals surface area contributed by atoms with Gasteiger partial charge in [-0.1, -0.05) is 64.4 Å². The zero-order valence-corrected chi connectivity index (χ0v) is 23.6. The van der Waals surface area contributed by atoms with Crippen LogP contribution in [0, 0.1) is 11.8 Å². The van der Waals surface area contributed by atoms with Crippen LogP contribution in [0.2, 0.25) is 0 Å². The number of esters is 1. The van der Waals surface area contributed by atoms with Crippen LogP contribution >= 0.6 is 11.3 Å². The summed E-state index contributed by atoms with van der Waals surface area (Å²) in [6.07, 6.45) is 1.02. The highest BCUT2D eigenvalue weighted by molar-refractivity contribution is 7.09. The van der Waals surface area contributed by atoms with Crippen LogP contribution < -0.4 is 5.32 Å². The Morgan fingerprint density at radius 2 is 1.73 bits per heavy atom. The molecule has 0 aliphatic heterocycles. The molecule has 0 saturated heterocycles. The van der Waals surface area contributed by atoms with E-state index in [0.29, 0.717) is 23.4 Å². The molecule has 0 fully saturated rings.